The van der Waals surface area contributed by atoms with E-state index in [9.17, 15) is 15.2 Å². The van der Waals surface area contributed by atoms with Crippen LogP contribution in [0.3, 0.4) is 0 Å². The summed E-state index contributed by atoms with van der Waals surface area (Å²) in [6, 6.07) is -0.169. The Hall–Kier alpha value is -1.61. The highest BCUT2D eigenvalue weighted by Gasteiger charge is 2.25. The van der Waals surface area contributed by atoms with Crippen molar-refractivity contribution in [3.8, 4) is 0 Å². The van der Waals surface area contributed by atoms with E-state index in [1.165, 1.54) is 18.1 Å². The zero-order valence-electron chi connectivity index (χ0n) is 12.4. The second-order valence-corrected chi connectivity index (χ2v) is 5.57. The first-order valence-electron chi connectivity index (χ1n) is 6.68. The lowest BCUT2D eigenvalue weighted by molar-refractivity contribution is -0.383. The van der Waals surface area contributed by atoms with Gasteiger partial charge in [-0.1, -0.05) is 6.92 Å². The molecule has 0 spiro atoms. The summed E-state index contributed by atoms with van der Waals surface area (Å²) in [6.45, 7) is 4.39. The Balaban J connectivity index is 3.03. The molecule has 0 fully saturated rings. The van der Waals surface area contributed by atoms with Crippen molar-refractivity contribution >= 4 is 29.1 Å². The summed E-state index contributed by atoms with van der Waals surface area (Å²) in [5, 5.41) is 26.4. The Kier molecular flexibility index (Phi) is 7.17. The Morgan fingerprint density at radius 3 is 2.67 bits per heavy atom. The summed E-state index contributed by atoms with van der Waals surface area (Å²) in [5.74, 6) is 0.366. The first kappa shape index (κ1) is 17.4. The molecule has 2 atom stereocenters. The van der Waals surface area contributed by atoms with Gasteiger partial charge >= 0.3 is 5.69 Å². The summed E-state index contributed by atoms with van der Waals surface area (Å²) in [5.41, 5.74) is -0.171. The molecule has 0 aliphatic heterocycles. The van der Waals surface area contributed by atoms with Crippen molar-refractivity contribution in [2.75, 3.05) is 30.0 Å². The fraction of sp³-hybridized carbons (Fsp3) is 0.667. The molecule has 0 bridgehead atoms. The molecule has 118 valence electrons. The molecular formula is C12H21N5O3S. The molecule has 0 radical (unpaired) electrons. The van der Waals surface area contributed by atoms with Crippen LogP contribution in [-0.4, -0.2) is 50.7 Å². The number of thioether (sulfide) groups is 1. The number of aliphatic hydroxyl groups excluding tert-OH is 1. The molecule has 1 aromatic heterocycles. The normalized spacial score (nSPS) is 13.5. The molecule has 0 aromatic carbocycles. The smallest absolute Gasteiger partial charge is 0.353 e. The molecule has 2 unspecified atom stereocenters. The Bertz CT molecular complexity index is 470. The van der Waals surface area contributed by atoms with E-state index in [4.69, 9.17) is 0 Å². The summed E-state index contributed by atoms with van der Waals surface area (Å²) in [6.07, 6.45) is 3.99. The van der Waals surface area contributed by atoms with E-state index in [-0.39, 0.29) is 35.2 Å². The Morgan fingerprint density at radius 1 is 1.48 bits per heavy atom. The lowest BCUT2D eigenvalue weighted by atomic mass is 10.2. The number of rotatable bonds is 9. The lowest BCUT2D eigenvalue weighted by Crippen LogP contribution is -2.31. The van der Waals surface area contributed by atoms with Crippen LogP contribution in [0.5, 0.6) is 0 Å². The van der Waals surface area contributed by atoms with Gasteiger partial charge in [0.25, 0.3) is 0 Å². The average molecular weight is 315 g/mol. The number of aromatic nitrogens is 2. The van der Waals surface area contributed by atoms with Gasteiger partial charge in [0, 0.05) is 17.8 Å². The number of aliphatic hydroxyl groups is 1. The van der Waals surface area contributed by atoms with Gasteiger partial charge in [-0.25, -0.2) is 9.97 Å². The van der Waals surface area contributed by atoms with Crippen molar-refractivity contribution in [1.29, 1.82) is 0 Å². The second kappa shape index (κ2) is 8.63. The van der Waals surface area contributed by atoms with Crippen LogP contribution < -0.4 is 10.6 Å². The summed E-state index contributed by atoms with van der Waals surface area (Å²) < 4.78 is 0. The molecular weight excluding hydrogens is 294 g/mol. The van der Waals surface area contributed by atoms with E-state index in [1.807, 2.05) is 20.1 Å². The molecule has 1 heterocycles. The third-order valence-corrected chi connectivity index (χ3v) is 4.11. The fourth-order valence-corrected chi connectivity index (χ4v) is 2.40. The average Bonchev–Trinajstić information content (AvgIpc) is 2.46. The molecule has 21 heavy (non-hydrogen) atoms. The number of nitro groups is 1. The summed E-state index contributed by atoms with van der Waals surface area (Å²) in [7, 11) is 0. The van der Waals surface area contributed by atoms with Gasteiger partial charge in [-0.3, -0.25) is 10.1 Å². The largest absolute Gasteiger partial charge is 0.395 e. The molecule has 0 aliphatic rings. The number of nitrogens with one attached hydrogen (secondary N) is 2. The van der Waals surface area contributed by atoms with Gasteiger partial charge in [0.1, 0.15) is 6.33 Å². The van der Waals surface area contributed by atoms with Gasteiger partial charge in [0.15, 0.2) is 0 Å². The maximum Gasteiger partial charge on any atom is 0.353 e. The third-order valence-electron chi connectivity index (χ3n) is 2.95. The molecule has 8 nitrogen and oxygen atoms in total. The van der Waals surface area contributed by atoms with Gasteiger partial charge in [-0.15, -0.1) is 0 Å². The number of hydrogen-bond acceptors (Lipinski definition) is 8. The molecule has 0 saturated carbocycles. The minimum absolute atomic E-state index is 0.0187. The van der Waals surface area contributed by atoms with Crippen molar-refractivity contribution < 1.29 is 10.0 Å². The molecule has 0 amide bonds. The van der Waals surface area contributed by atoms with Crippen molar-refractivity contribution in [2.45, 2.75) is 31.6 Å². The highest BCUT2D eigenvalue weighted by molar-refractivity contribution is 7.99. The molecule has 9 heteroatoms. The van der Waals surface area contributed by atoms with Crippen LogP contribution in [0, 0.1) is 10.1 Å². The highest BCUT2D eigenvalue weighted by Crippen LogP contribution is 2.30. The van der Waals surface area contributed by atoms with Gasteiger partial charge in [0.05, 0.1) is 11.5 Å². The monoisotopic (exact) mass is 315 g/mol. The van der Waals surface area contributed by atoms with Crippen LogP contribution in [0.25, 0.3) is 0 Å². The van der Waals surface area contributed by atoms with Gasteiger partial charge < -0.3 is 15.7 Å². The maximum absolute atomic E-state index is 11.3. The van der Waals surface area contributed by atoms with Crippen molar-refractivity contribution in [2.24, 2.45) is 0 Å². The van der Waals surface area contributed by atoms with E-state index in [0.29, 0.717) is 6.54 Å². The summed E-state index contributed by atoms with van der Waals surface area (Å²) >= 11 is 1.49. The van der Waals surface area contributed by atoms with Crippen LogP contribution in [0.4, 0.5) is 17.3 Å². The third kappa shape index (κ3) is 4.71. The number of hydrogen-bond donors (Lipinski definition) is 3. The molecule has 0 aliphatic carbocycles. The fourth-order valence-electron chi connectivity index (χ4n) is 1.78. The lowest BCUT2D eigenvalue weighted by Gasteiger charge is -2.21. The maximum atomic E-state index is 11.3. The van der Waals surface area contributed by atoms with Crippen LogP contribution in [0.1, 0.15) is 20.3 Å². The zero-order chi connectivity index (χ0) is 15.8. The predicted molar refractivity (Wildman–Crippen MR) is 84.9 cm³/mol. The quantitative estimate of drug-likeness (QED) is 0.466. The first-order valence-corrected chi connectivity index (χ1v) is 7.97. The van der Waals surface area contributed by atoms with Crippen LogP contribution in [-0.2, 0) is 0 Å². The van der Waals surface area contributed by atoms with E-state index in [0.717, 1.165) is 6.42 Å². The molecule has 1 aromatic rings. The van der Waals surface area contributed by atoms with E-state index >= 15 is 0 Å². The van der Waals surface area contributed by atoms with E-state index in [2.05, 4.69) is 20.6 Å². The second-order valence-electron chi connectivity index (χ2n) is 4.49. The number of anilines is 2. The SMILES string of the molecule is CCCNc1ncnc(NC(C)C(CO)SC)c1[N+](=O)[O-]. The van der Waals surface area contributed by atoms with Crippen LogP contribution >= 0.6 is 11.8 Å². The standard InChI is InChI=1S/C12H21N5O3S/c1-4-5-13-11-10(17(19)20)12(15-7-14-11)16-8(2)9(6-18)21-3/h7-9,18H,4-6H2,1-3H3,(H2,13,14,15,16). The number of nitrogens with zero attached hydrogens (tertiary/aromatic N) is 3. The highest BCUT2D eigenvalue weighted by atomic mass is 32.2. The molecule has 0 saturated heterocycles. The van der Waals surface area contributed by atoms with Crippen molar-refractivity contribution in [3.05, 3.63) is 16.4 Å². The van der Waals surface area contributed by atoms with Crippen LogP contribution in [0.2, 0.25) is 0 Å². The van der Waals surface area contributed by atoms with Gasteiger partial charge in [-0.2, -0.15) is 11.8 Å². The minimum atomic E-state index is -0.500. The van der Waals surface area contributed by atoms with Crippen molar-refractivity contribution in [3.63, 3.8) is 0 Å². The molecule has 3 N–H and O–H groups in total. The first-order chi connectivity index (χ1) is 10.0. The van der Waals surface area contributed by atoms with E-state index < -0.39 is 4.92 Å². The minimum Gasteiger partial charge on any atom is -0.395 e. The zero-order valence-corrected chi connectivity index (χ0v) is 13.2. The predicted octanol–water partition coefficient (Wildman–Crippen LogP) is 1.73. The van der Waals surface area contributed by atoms with E-state index in [1.54, 1.807) is 0 Å². The Labute approximate surface area is 127 Å². The molecule has 1 rings (SSSR count). The van der Waals surface area contributed by atoms with Crippen LogP contribution in [0.15, 0.2) is 6.33 Å². The van der Waals surface area contributed by atoms with Gasteiger partial charge in [0.2, 0.25) is 11.6 Å². The van der Waals surface area contributed by atoms with Gasteiger partial charge in [-0.05, 0) is 19.6 Å². The Morgan fingerprint density at radius 2 is 2.14 bits per heavy atom. The topological polar surface area (TPSA) is 113 Å². The van der Waals surface area contributed by atoms with Crippen molar-refractivity contribution in [1.82, 2.24) is 9.97 Å². The summed E-state index contributed by atoms with van der Waals surface area (Å²) in [4.78, 5) is 18.7.